The molecule has 0 saturated carbocycles. The van der Waals surface area contributed by atoms with E-state index in [2.05, 4.69) is 4.98 Å². The van der Waals surface area contributed by atoms with Crippen LogP contribution in [-0.4, -0.2) is 13.7 Å². The molecule has 1 heterocycles. The van der Waals surface area contributed by atoms with Crippen LogP contribution in [0.4, 0.5) is 0 Å². The Morgan fingerprint density at radius 1 is 1.60 bits per heavy atom. The van der Waals surface area contributed by atoms with E-state index in [1.165, 1.54) is 18.5 Å². The van der Waals surface area contributed by atoms with Gasteiger partial charge in [-0.3, -0.25) is 9.19 Å². The molecule has 1 aromatic heterocycles. The molecule has 5 heteroatoms. The summed E-state index contributed by atoms with van der Waals surface area (Å²) in [5, 5.41) is 0. The van der Waals surface area contributed by atoms with Gasteiger partial charge >= 0.3 is 18.9 Å². The van der Waals surface area contributed by atoms with Gasteiger partial charge in [-0.25, -0.2) is 0 Å². The summed E-state index contributed by atoms with van der Waals surface area (Å²) in [6, 6.07) is 3.06. The van der Waals surface area contributed by atoms with Gasteiger partial charge in [-0.15, -0.1) is 0 Å². The van der Waals surface area contributed by atoms with Crippen molar-refractivity contribution in [3.05, 3.63) is 24.5 Å². The molecular formula is C5H4LiNO2S. The molecule has 1 aromatic rings. The predicted octanol–water partition coefficient (Wildman–Crippen LogP) is -2.68. The summed E-state index contributed by atoms with van der Waals surface area (Å²) in [5.41, 5.74) is 0. The Kier molecular flexibility index (Phi) is 4.57. The Labute approximate surface area is 73.3 Å². The number of hydrogen-bond donors (Lipinski definition) is 0. The van der Waals surface area contributed by atoms with Crippen LogP contribution in [0, 0.1) is 0 Å². The van der Waals surface area contributed by atoms with E-state index >= 15 is 0 Å². The summed E-state index contributed by atoms with van der Waals surface area (Å²) in [6.45, 7) is 0. The van der Waals surface area contributed by atoms with Crippen LogP contribution in [0.15, 0.2) is 29.4 Å². The first-order chi connectivity index (χ1) is 4.30. The van der Waals surface area contributed by atoms with Crippen LogP contribution in [0.2, 0.25) is 0 Å². The fraction of sp³-hybridized carbons (Fsp3) is 0. The van der Waals surface area contributed by atoms with Crippen molar-refractivity contribution in [3.63, 3.8) is 0 Å². The van der Waals surface area contributed by atoms with E-state index in [0.717, 1.165) is 0 Å². The number of rotatable bonds is 1. The molecule has 0 aliphatic carbocycles. The molecule has 0 radical (unpaired) electrons. The van der Waals surface area contributed by atoms with Gasteiger partial charge in [-0.05, 0) is 23.2 Å². The van der Waals surface area contributed by atoms with Gasteiger partial charge in [0.05, 0.1) is 0 Å². The maximum absolute atomic E-state index is 10.2. The zero-order valence-electron chi connectivity index (χ0n) is 5.48. The molecule has 0 N–H and O–H groups in total. The smallest absolute Gasteiger partial charge is 0.768 e. The second-order valence-electron chi connectivity index (χ2n) is 1.42. The molecule has 3 nitrogen and oxygen atoms in total. The first kappa shape index (κ1) is 9.86. The van der Waals surface area contributed by atoms with E-state index in [1.54, 1.807) is 6.07 Å². The van der Waals surface area contributed by atoms with E-state index < -0.39 is 11.1 Å². The van der Waals surface area contributed by atoms with Crippen molar-refractivity contribution in [1.29, 1.82) is 0 Å². The van der Waals surface area contributed by atoms with Gasteiger partial charge in [0, 0.05) is 17.3 Å². The van der Waals surface area contributed by atoms with Crippen LogP contribution < -0.4 is 18.9 Å². The van der Waals surface area contributed by atoms with Crippen LogP contribution in [0.1, 0.15) is 0 Å². The molecule has 48 valence electrons. The van der Waals surface area contributed by atoms with E-state index in [1.807, 2.05) is 0 Å². The predicted molar refractivity (Wildman–Crippen MR) is 31.4 cm³/mol. The maximum atomic E-state index is 10.2. The van der Waals surface area contributed by atoms with Crippen molar-refractivity contribution in [2.24, 2.45) is 0 Å². The minimum atomic E-state index is -2.14. The maximum Gasteiger partial charge on any atom is 1.00 e. The van der Waals surface area contributed by atoms with Gasteiger partial charge in [-0.1, -0.05) is 0 Å². The molecule has 0 bridgehead atoms. The normalized spacial score (nSPS) is 11.7. The van der Waals surface area contributed by atoms with Crippen molar-refractivity contribution < 1.29 is 27.6 Å². The molecule has 0 aromatic carbocycles. The van der Waals surface area contributed by atoms with Gasteiger partial charge in [0.15, 0.2) is 0 Å². The van der Waals surface area contributed by atoms with Crippen LogP contribution >= 0.6 is 0 Å². The molecule has 1 unspecified atom stereocenters. The molecule has 0 saturated heterocycles. The SMILES string of the molecule is O=S([O-])c1cccnc1.[Li+]. The summed E-state index contributed by atoms with van der Waals surface area (Å²) in [6.07, 6.45) is 2.82. The zero-order chi connectivity index (χ0) is 6.69. The third-order valence-electron chi connectivity index (χ3n) is 0.827. The van der Waals surface area contributed by atoms with E-state index in [4.69, 9.17) is 0 Å². The second kappa shape index (κ2) is 4.64. The van der Waals surface area contributed by atoms with Crippen LogP contribution in [0.25, 0.3) is 0 Å². The number of nitrogens with zero attached hydrogens (tertiary/aromatic N) is 1. The van der Waals surface area contributed by atoms with Crippen molar-refractivity contribution >= 4 is 11.1 Å². The molecule has 1 rings (SSSR count). The van der Waals surface area contributed by atoms with Crippen molar-refractivity contribution in [3.8, 4) is 0 Å². The third-order valence-corrected chi connectivity index (χ3v) is 1.45. The molecule has 0 aliphatic heterocycles. The van der Waals surface area contributed by atoms with Crippen LogP contribution in [0.5, 0.6) is 0 Å². The first-order valence-electron chi connectivity index (χ1n) is 2.30. The summed E-state index contributed by atoms with van der Waals surface area (Å²) >= 11 is -2.14. The number of pyridine rings is 1. The molecule has 0 spiro atoms. The Morgan fingerprint density at radius 2 is 2.30 bits per heavy atom. The van der Waals surface area contributed by atoms with Gasteiger partial charge < -0.3 is 4.55 Å². The largest absolute Gasteiger partial charge is 1.00 e. The van der Waals surface area contributed by atoms with Gasteiger partial charge in [0.2, 0.25) is 0 Å². The molecule has 10 heavy (non-hydrogen) atoms. The summed E-state index contributed by atoms with van der Waals surface area (Å²) in [7, 11) is 0. The average Bonchev–Trinajstić information content (AvgIpc) is 1.90. The summed E-state index contributed by atoms with van der Waals surface area (Å²) < 4.78 is 20.3. The van der Waals surface area contributed by atoms with E-state index in [9.17, 15) is 8.76 Å². The molecule has 1 atom stereocenters. The standard InChI is InChI=1S/C5H5NO2S.Li/c7-9(8)5-2-1-3-6-4-5;/h1-4H,(H,7,8);/q;+1/p-1. The van der Waals surface area contributed by atoms with Gasteiger partial charge in [-0.2, -0.15) is 0 Å². The number of hydrogen-bond acceptors (Lipinski definition) is 3. The Balaban J connectivity index is 0.000000810. The fourth-order valence-electron chi connectivity index (χ4n) is 0.446. The number of aromatic nitrogens is 1. The molecule has 0 fully saturated rings. The Bertz CT molecular complexity index is 216. The molecular weight excluding hydrogens is 145 g/mol. The van der Waals surface area contributed by atoms with E-state index in [-0.39, 0.29) is 23.8 Å². The quantitative estimate of drug-likeness (QED) is 0.323. The monoisotopic (exact) mass is 149 g/mol. The second-order valence-corrected chi connectivity index (χ2v) is 2.36. The van der Waals surface area contributed by atoms with Crippen LogP contribution in [0.3, 0.4) is 0 Å². The minimum Gasteiger partial charge on any atom is -0.768 e. The third kappa shape index (κ3) is 2.63. The fourth-order valence-corrected chi connectivity index (χ4v) is 0.782. The Morgan fingerprint density at radius 3 is 2.60 bits per heavy atom. The van der Waals surface area contributed by atoms with Crippen molar-refractivity contribution in [2.75, 3.05) is 0 Å². The topological polar surface area (TPSA) is 53.0 Å². The Hall–Kier alpha value is -0.143. The first-order valence-corrected chi connectivity index (χ1v) is 3.37. The van der Waals surface area contributed by atoms with Crippen LogP contribution in [-0.2, 0) is 11.1 Å². The van der Waals surface area contributed by atoms with Crippen molar-refractivity contribution in [1.82, 2.24) is 4.98 Å². The van der Waals surface area contributed by atoms with Gasteiger partial charge in [0.1, 0.15) is 0 Å². The average molecular weight is 149 g/mol. The summed E-state index contributed by atoms with van der Waals surface area (Å²) in [5.74, 6) is 0. The van der Waals surface area contributed by atoms with Gasteiger partial charge in [0.25, 0.3) is 0 Å². The van der Waals surface area contributed by atoms with E-state index in [0.29, 0.717) is 0 Å². The summed E-state index contributed by atoms with van der Waals surface area (Å²) in [4.78, 5) is 3.83. The van der Waals surface area contributed by atoms with Crippen molar-refractivity contribution in [2.45, 2.75) is 4.90 Å². The minimum absolute atomic E-state index is 0. The zero-order valence-corrected chi connectivity index (χ0v) is 6.30. The molecule has 0 aliphatic rings. The molecule has 0 amide bonds.